The summed E-state index contributed by atoms with van der Waals surface area (Å²) in [5.41, 5.74) is 0.916. The van der Waals surface area contributed by atoms with Crippen molar-refractivity contribution in [2.45, 2.75) is 37.5 Å². The number of hydrogen-bond donors (Lipinski definition) is 2. The Morgan fingerprint density at radius 3 is 2.70 bits per heavy atom. The predicted molar refractivity (Wildman–Crippen MR) is 125 cm³/mol. The SMILES string of the molecule is CCSC1(CNC(=NC)NC(C)c2cc3ccccc3o2)CCOCC1.I. The summed E-state index contributed by atoms with van der Waals surface area (Å²) in [6, 6.07) is 10.2. The number of rotatable bonds is 6. The van der Waals surface area contributed by atoms with Crippen LogP contribution in [-0.4, -0.2) is 43.3 Å². The van der Waals surface area contributed by atoms with Gasteiger partial charge in [0.25, 0.3) is 0 Å². The van der Waals surface area contributed by atoms with Crippen molar-refractivity contribution in [3.05, 3.63) is 36.1 Å². The van der Waals surface area contributed by atoms with E-state index in [0.29, 0.717) is 0 Å². The second kappa shape index (κ2) is 10.6. The Balaban J connectivity index is 0.00000261. The Bertz CT molecular complexity index is 705. The third-order valence-corrected chi connectivity index (χ3v) is 6.33. The molecule has 3 rings (SSSR count). The summed E-state index contributed by atoms with van der Waals surface area (Å²) < 4.78 is 11.7. The molecule has 0 radical (unpaired) electrons. The topological polar surface area (TPSA) is 58.8 Å². The van der Waals surface area contributed by atoms with Gasteiger partial charge in [0.05, 0.1) is 6.04 Å². The molecule has 0 amide bonds. The van der Waals surface area contributed by atoms with Crippen molar-refractivity contribution < 1.29 is 9.15 Å². The van der Waals surface area contributed by atoms with Gasteiger partial charge >= 0.3 is 0 Å². The normalized spacial score (nSPS) is 18.0. The van der Waals surface area contributed by atoms with Crippen LogP contribution in [0.5, 0.6) is 0 Å². The van der Waals surface area contributed by atoms with Gasteiger partial charge in [-0.15, -0.1) is 24.0 Å². The lowest BCUT2D eigenvalue weighted by atomic mass is 9.99. The Kier molecular flexibility index (Phi) is 8.75. The molecule has 2 heterocycles. The molecular weight excluding hydrogens is 473 g/mol. The van der Waals surface area contributed by atoms with Crippen LogP contribution >= 0.6 is 35.7 Å². The first-order valence-corrected chi connectivity index (χ1v) is 10.3. The van der Waals surface area contributed by atoms with Gasteiger partial charge in [-0.1, -0.05) is 25.1 Å². The monoisotopic (exact) mass is 503 g/mol. The zero-order valence-corrected chi connectivity index (χ0v) is 19.4. The van der Waals surface area contributed by atoms with Crippen LogP contribution in [0.1, 0.15) is 38.5 Å². The summed E-state index contributed by atoms with van der Waals surface area (Å²) in [6.07, 6.45) is 2.16. The molecule has 5 nitrogen and oxygen atoms in total. The highest BCUT2D eigenvalue weighted by molar-refractivity contribution is 14.0. The third-order valence-electron chi connectivity index (χ3n) is 4.88. The molecule has 1 fully saturated rings. The number of guanidine groups is 1. The van der Waals surface area contributed by atoms with E-state index in [-0.39, 0.29) is 34.8 Å². The lowest BCUT2D eigenvalue weighted by Crippen LogP contribution is -2.48. The minimum absolute atomic E-state index is 0. The van der Waals surface area contributed by atoms with E-state index in [0.717, 1.165) is 61.0 Å². The molecule has 1 aromatic carbocycles. The molecule has 1 atom stereocenters. The van der Waals surface area contributed by atoms with Crippen LogP contribution in [0.4, 0.5) is 0 Å². The average Bonchev–Trinajstić information content (AvgIpc) is 3.10. The molecule has 2 N–H and O–H groups in total. The van der Waals surface area contributed by atoms with Gasteiger partial charge in [0, 0.05) is 36.9 Å². The van der Waals surface area contributed by atoms with Gasteiger partial charge in [0.1, 0.15) is 11.3 Å². The van der Waals surface area contributed by atoms with Crippen molar-refractivity contribution in [1.29, 1.82) is 0 Å². The van der Waals surface area contributed by atoms with Crippen molar-refractivity contribution in [2.24, 2.45) is 4.99 Å². The minimum Gasteiger partial charge on any atom is -0.459 e. The molecular formula is C20H30IN3O2S. The standard InChI is InChI=1S/C20H29N3O2S.HI/c1-4-26-20(9-11-24-12-10-20)14-22-19(21-3)23-15(2)18-13-16-7-5-6-8-17(16)25-18;/h5-8,13,15H,4,9-12,14H2,1-3H3,(H2,21,22,23);1H. The van der Waals surface area contributed by atoms with Crippen LogP contribution in [0.25, 0.3) is 11.0 Å². The minimum atomic E-state index is 0. The van der Waals surface area contributed by atoms with Crippen molar-refractivity contribution in [3.8, 4) is 0 Å². The van der Waals surface area contributed by atoms with E-state index in [2.05, 4.69) is 41.6 Å². The maximum absolute atomic E-state index is 5.96. The number of furan rings is 1. The molecule has 150 valence electrons. The Hall–Kier alpha value is -0.930. The molecule has 1 aliphatic heterocycles. The highest BCUT2D eigenvalue weighted by Gasteiger charge is 2.32. The lowest BCUT2D eigenvalue weighted by molar-refractivity contribution is 0.0782. The van der Waals surface area contributed by atoms with E-state index < -0.39 is 0 Å². The molecule has 0 aliphatic carbocycles. The molecule has 27 heavy (non-hydrogen) atoms. The summed E-state index contributed by atoms with van der Waals surface area (Å²) in [6.45, 7) is 6.89. The van der Waals surface area contributed by atoms with E-state index in [1.165, 1.54) is 0 Å². The number of nitrogens with zero attached hydrogens (tertiary/aromatic N) is 1. The lowest BCUT2D eigenvalue weighted by Gasteiger charge is -2.37. The first-order chi connectivity index (χ1) is 12.7. The molecule has 0 saturated carbocycles. The highest BCUT2D eigenvalue weighted by Crippen LogP contribution is 2.34. The zero-order valence-electron chi connectivity index (χ0n) is 16.3. The number of thioether (sulfide) groups is 1. The van der Waals surface area contributed by atoms with Gasteiger partial charge in [0.2, 0.25) is 0 Å². The molecule has 0 bridgehead atoms. The number of nitrogens with one attached hydrogen (secondary N) is 2. The van der Waals surface area contributed by atoms with Crippen LogP contribution in [0, 0.1) is 0 Å². The van der Waals surface area contributed by atoms with E-state index in [1.807, 2.05) is 37.0 Å². The molecule has 1 aliphatic rings. The quantitative estimate of drug-likeness (QED) is 0.344. The molecule has 2 aromatic rings. The van der Waals surface area contributed by atoms with Crippen LogP contribution in [-0.2, 0) is 4.74 Å². The van der Waals surface area contributed by atoms with Gasteiger partial charge in [-0.2, -0.15) is 11.8 Å². The van der Waals surface area contributed by atoms with E-state index in [9.17, 15) is 0 Å². The van der Waals surface area contributed by atoms with Crippen molar-refractivity contribution >= 4 is 52.7 Å². The smallest absolute Gasteiger partial charge is 0.191 e. The van der Waals surface area contributed by atoms with E-state index in [1.54, 1.807) is 0 Å². The Morgan fingerprint density at radius 2 is 2.04 bits per heavy atom. The summed E-state index contributed by atoms with van der Waals surface area (Å²) in [5, 5.41) is 8.09. The highest BCUT2D eigenvalue weighted by atomic mass is 127. The molecule has 1 unspecified atom stereocenters. The second-order valence-corrected chi connectivity index (χ2v) is 8.44. The number of hydrogen-bond acceptors (Lipinski definition) is 4. The Morgan fingerprint density at radius 1 is 1.30 bits per heavy atom. The number of ether oxygens (including phenoxy) is 1. The van der Waals surface area contributed by atoms with E-state index in [4.69, 9.17) is 9.15 Å². The number of para-hydroxylation sites is 1. The summed E-state index contributed by atoms with van der Waals surface area (Å²) in [5.74, 6) is 2.83. The molecule has 0 spiro atoms. The van der Waals surface area contributed by atoms with E-state index >= 15 is 0 Å². The fourth-order valence-electron chi connectivity index (χ4n) is 3.35. The van der Waals surface area contributed by atoms with Crippen molar-refractivity contribution in [1.82, 2.24) is 10.6 Å². The second-order valence-electron chi connectivity index (χ2n) is 6.71. The van der Waals surface area contributed by atoms with Gasteiger partial charge < -0.3 is 19.8 Å². The van der Waals surface area contributed by atoms with Crippen LogP contribution in [0.2, 0.25) is 0 Å². The average molecular weight is 503 g/mol. The van der Waals surface area contributed by atoms with Gasteiger partial charge in [0.15, 0.2) is 5.96 Å². The molecule has 1 aromatic heterocycles. The van der Waals surface area contributed by atoms with Gasteiger partial charge in [-0.05, 0) is 37.7 Å². The molecule has 7 heteroatoms. The fourth-order valence-corrected chi connectivity index (χ4v) is 4.60. The van der Waals surface area contributed by atoms with Crippen molar-refractivity contribution in [3.63, 3.8) is 0 Å². The summed E-state index contributed by atoms with van der Waals surface area (Å²) >= 11 is 2.03. The van der Waals surface area contributed by atoms with Crippen LogP contribution in [0.15, 0.2) is 39.7 Å². The largest absolute Gasteiger partial charge is 0.459 e. The fraction of sp³-hybridized carbons (Fsp3) is 0.550. The number of fused-ring (bicyclic) bond motifs is 1. The molecule has 1 saturated heterocycles. The maximum atomic E-state index is 5.96. The first kappa shape index (κ1) is 22.4. The van der Waals surface area contributed by atoms with Gasteiger partial charge in [-0.3, -0.25) is 4.99 Å². The van der Waals surface area contributed by atoms with Gasteiger partial charge in [-0.25, -0.2) is 0 Å². The number of halogens is 1. The predicted octanol–water partition coefficient (Wildman–Crippen LogP) is 4.58. The summed E-state index contributed by atoms with van der Waals surface area (Å²) in [4.78, 5) is 4.40. The Labute approximate surface area is 183 Å². The number of aliphatic imine (C=N–C) groups is 1. The number of benzene rings is 1. The van der Waals surface area contributed by atoms with Crippen LogP contribution in [0.3, 0.4) is 0 Å². The third kappa shape index (κ3) is 5.77. The van der Waals surface area contributed by atoms with Crippen LogP contribution < -0.4 is 10.6 Å². The summed E-state index contributed by atoms with van der Waals surface area (Å²) in [7, 11) is 1.81. The maximum Gasteiger partial charge on any atom is 0.191 e. The first-order valence-electron chi connectivity index (χ1n) is 9.33. The van der Waals surface area contributed by atoms with Crippen molar-refractivity contribution in [2.75, 3.05) is 32.6 Å². The zero-order chi connectivity index (χ0) is 18.4.